The van der Waals surface area contributed by atoms with Crippen molar-refractivity contribution in [1.82, 2.24) is 5.32 Å². The minimum atomic E-state index is -0.853. The van der Waals surface area contributed by atoms with Gasteiger partial charge in [0.2, 0.25) is 5.91 Å². The van der Waals surface area contributed by atoms with Gasteiger partial charge in [-0.3, -0.25) is 9.59 Å². The van der Waals surface area contributed by atoms with E-state index >= 15 is 0 Å². The highest BCUT2D eigenvalue weighted by Gasteiger charge is 2.29. The molecule has 0 aromatic carbocycles. The zero-order chi connectivity index (χ0) is 11.2. The molecular weight excluding hydrogens is 184 g/mol. The van der Waals surface area contributed by atoms with Crippen LogP contribution in [0.5, 0.6) is 0 Å². The molecule has 1 atom stereocenters. The number of nitrogens with two attached hydrogens (primary N) is 1. The normalized spacial score (nSPS) is 14.7. The third-order valence-electron chi connectivity index (χ3n) is 2.18. The molecule has 0 aromatic heterocycles. The average Bonchev–Trinajstić information content (AvgIpc) is 2.03. The van der Waals surface area contributed by atoms with Crippen LogP contribution in [0, 0.1) is 0 Å². The van der Waals surface area contributed by atoms with Gasteiger partial charge in [-0.2, -0.15) is 0 Å². The van der Waals surface area contributed by atoms with Crippen LogP contribution in [0.2, 0.25) is 0 Å². The van der Waals surface area contributed by atoms with Crippen molar-refractivity contribution in [1.29, 1.82) is 0 Å². The lowest BCUT2D eigenvalue weighted by molar-refractivity contribution is -0.137. The average molecular weight is 202 g/mol. The van der Waals surface area contributed by atoms with E-state index in [-0.39, 0.29) is 6.42 Å². The quantitative estimate of drug-likeness (QED) is 0.545. The maximum absolute atomic E-state index is 11.1. The molecule has 0 saturated carbocycles. The molecule has 0 bridgehead atoms. The first kappa shape index (κ1) is 12.9. The van der Waals surface area contributed by atoms with E-state index in [1.165, 1.54) is 0 Å². The summed E-state index contributed by atoms with van der Waals surface area (Å²) in [5.41, 5.74) is 4.44. The van der Waals surface area contributed by atoms with Crippen LogP contribution in [-0.2, 0) is 9.59 Å². The summed E-state index contributed by atoms with van der Waals surface area (Å²) in [4.78, 5) is 21.4. The number of carboxylic acids is 1. The van der Waals surface area contributed by atoms with Crippen molar-refractivity contribution in [3.63, 3.8) is 0 Å². The standard InChI is InChI=1S/C9H18N2O3/c1-3-11-9(2,8(10)14)6-4-5-7(12)13/h11H,3-6H2,1-2H3,(H2,10,14)(H,12,13). The highest BCUT2D eigenvalue weighted by Crippen LogP contribution is 2.13. The molecule has 0 spiro atoms. The van der Waals surface area contributed by atoms with Crippen LogP contribution in [0.4, 0.5) is 0 Å². The van der Waals surface area contributed by atoms with Crippen molar-refractivity contribution in [2.75, 3.05) is 6.54 Å². The van der Waals surface area contributed by atoms with Crippen molar-refractivity contribution < 1.29 is 14.7 Å². The number of hydrogen-bond donors (Lipinski definition) is 3. The monoisotopic (exact) mass is 202 g/mol. The molecule has 0 aliphatic carbocycles. The lowest BCUT2D eigenvalue weighted by Gasteiger charge is -2.26. The van der Waals surface area contributed by atoms with Crippen molar-refractivity contribution in [3.8, 4) is 0 Å². The number of rotatable bonds is 7. The predicted octanol–water partition coefficient (Wildman–Crippen LogP) is 0.0948. The van der Waals surface area contributed by atoms with E-state index in [2.05, 4.69) is 5.32 Å². The molecule has 5 nitrogen and oxygen atoms in total. The number of carbonyl (C=O) groups excluding carboxylic acids is 1. The second kappa shape index (κ2) is 5.59. The zero-order valence-corrected chi connectivity index (χ0v) is 8.67. The zero-order valence-electron chi connectivity index (χ0n) is 8.67. The Morgan fingerprint density at radius 2 is 2.07 bits per heavy atom. The molecule has 1 unspecified atom stereocenters. The third-order valence-corrected chi connectivity index (χ3v) is 2.18. The molecule has 0 aliphatic rings. The minimum absolute atomic E-state index is 0.0638. The Morgan fingerprint density at radius 1 is 1.50 bits per heavy atom. The molecule has 0 rings (SSSR count). The van der Waals surface area contributed by atoms with Crippen LogP contribution in [0.15, 0.2) is 0 Å². The summed E-state index contributed by atoms with van der Waals surface area (Å²) in [5, 5.41) is 11.4. The Bertz CT molecular complexity index is 218. The number of hydrogen-bond acceptors (Lipinski definition) is 3. The molecule has 0 saturated heterocycles. The van der Waals surface area contributed by atoms with E-state index in [4.69, 9.17) is 10.8 Å². The van der Waals surface area contributed by atoms with Crippen molar-refractivity contribution in [2.45, 2.75) is 38.6 Å². The van der Waals surface area contributed by atoms with Gasteiger partial charge in [0.05, 0.1) is 5.54 Å². The maximum Gasteiger partial charge on any atom is 0.303 e. The van der Waals surface area contributed by atoms with Crippen LogP contribution in [0.25, 0.3) is 0 Å². The fraction of sp³-hybridized carbons (Fsp3) is 0.778. The van der Waals surface area contributed by atoms with E-state index in [1.54, 1.807) is 6.92 Å². The van der Waals surface area contributed by atoms with E-state index in [1.807, 2.05) is 6.92 Å². The summed E-state index contributed by atoms with van der Waals surface area (Å²) >= 11 is 0. The van der Waals surface area contributed by atoms with E-state index in [9.17, 15) is 9.59 Å². The van der Waals surface area contributed by atoms with E-state index < -0.39 is 17.4 Å². The number of nitrogens with one attached hydrogen (secondary N) is 1. The number of primary amides is 1. The van der Waals surface area contributed by atoms with Crippen molar-refractivity contribution in [3.05, 3.63) is 0 Å². The largest absolute Gasteiger partial charge is 0.481 e. The number of carboxylic acid groups (broad SMARTS) is 1. The molecule has 0 heterocycles. The molecule has 5 heteroatoms. The second-order valence-electron chi connectivity index (χ2n) is 3.47. The van der Waals surface area contributed by atoms with Gasteiger partial charge in [-0.1, -0.05) is 6.92 Å². The number of likely N-dealkylation sites (N-methyl/N-ethyl adjacent to an activating group) is 1. The Hall–Kier alpha value is -1.10. The van der Waals surface area contributed by atoms with Crippen LogP contribution >= 0.6 is 0 Å². The fourth-order valence-electron chi connectivity index (χ4n) is 1.28. The summed E-state index contributed by atoms with van der Waals surface area (Å²) in [7, 11) is 0. The molecule has 0 fully saturated rings. The molecule has 4 N–H and O–H groups in total. The number of carbonyl (C=O) groups is 2. The molecule has 82 valence electrons. The number of aliphatic carboxylic acids is 1. The summed E-state index contributed by atoms with van der Waals surface area (Å²) in [5.74, 6) is -1.29. The minimum Gasteiger partial charge on any atom is -0.481 e. The predicted molar refractivity (Wildman–Crippen MR) is 52.8 cm³/mol. The molecule has 0 aliphatic heterocycles. The summed E-state index contributed by atoms with van der Waals surface area (Å²) in [6, 6.07) is 0. The Labute approximate surface area is 83.7 Å². The lowest BCUT2D eigenvalue weighted by Crippen LogP contribution is -2.53. The Morgan fingerprint density at radius 3 is 2.43 bits per heavy atom. The summed E-state index contributed by atoms with van der Waals surface area (Å²) in [6.45, 7) is 4.20. The molecular formula is C9H18N2O3. The van der Waals surface area contributed by atoms with Crippen molar-refractivity contribution >= 4 is 11.9 Å². The van der Waals surface area contributed by atoms with Crippen LogP contribution < -0.4 is 11.1 Å². The SMILES string of the molecule is CCNC(C)(CCCC(=O)O)C(N)=O. The molecule has 1 amide bonds. The number of amides is 1. The van der Waals surface area contributed by atoms with Gasteiger partial charge in [-0.25, -0.2) is 0 Å². The highest BCUT2D eigenvalue weighted by molar-refractivity contribution is 5.84. The topological polar surface area (TPSA) is 92.4 Å². The van der Waals surface area contributed by atoms with Crippen molar-refractivity contribution in [2.24, 2.45) is 5.73 Å². The van der Waals surface area contributed by atoms with Crippen LogP contribution in [0.1, 0.15) is 33.1 Å². The summed E-state index contributed by atoms with van der Waals surface area (Å²) in [6.07, 6.45) is 0.957. The smallest absolute Gasteiger partial charge is 0.303 e. The van der Waals surface area contributed by atoms with Gasteiger partial charge in [0.1, 0.15) is 0 Å². The fourth-order valence-corrected chi connectivity index (χ4v) is 1.28. The third kappa shape index (κ3) is 4.23. The lowest BCUT2D eigenvalue weighted by atomic mass is 9.94. The van der Waals surface area contributed by atoms with E-state index in [0.29, 0.717) is 19.4 Å². The highest BCUT2D eigenvalue weighted by atomic mass is 16.4. The van der Waals surface area contributed by atoms with Gasteiger partial charge < -0.3 is 16.2 Å². The first-order valence-electron chi connectivity index (χ1n) is 4.69. The molecule has 0 radical (unpaired) electrons. The Balaban J connectivity index is 4.09. The van der Waals surface area contributed by atoms with Gasteiger partial charge in [0.25, 0.3) is 0 Å². The van der Waals surface area contributed by atoms with Crippen LogP contribution in [-0.4, -0.2) is 29.1 Å². The molecule has 0 aromatic rings. The first-order chi connectivity index (χ1) is 6.42. The van der Waals surface area contributed by atoms with Gasteiger partial charge in [-0.05, 0) is 26.3 Å². The Kier molecular flexibility index (Phi) is 5.15. The van der Waals surface area contributed by atoms with E-state index in [0.717, 1.165) is 0 Å². The van der Waals surface area contributed by atoms with Gasteiger partial charge in [0.15, 0.2) is 0 Å². The van der Waals surface area contributed by atoms with Gasteiger partial charge in [-0.15, -0.1) is 0 Å². The summed E-state index contributed by atoms with van der Waals surface area (Å²) < 4.78 is 0. The maximum atomic E-state index is 11.1. The van der Waals surface area contributed by atoms with Crippen LogP contribution in [0.3, 0.4) is 0 Å². The first-order valence-corrected chi connectivity index (χ1v) is 4.69. The van der Waals surface area contributed by atoms with Gasteiger partial charge in [0, 0.05) is 6.42 Å². The second-order valence-corrected chi connectivity index (χ2v) is 3.47. The van der Waals surface area contributed by atoms with Gasteiger partial charge >= 0.3 is 5.97 Å². The molecule has 14 heavy (non-hydrogen) atoms.